The molecular weight excluding hydrogens is 334 g/mol. The minimum Gasteiger partial charge on any atom is -0.441 e. The van der Waals surface area contributed by atoms with Crippen LogP contribution >= 0.6 is 0 Å². The van der Waals surface area contributed by atoms with E-state index in [1.807, 2.05) is 0 Å². The van der Waals surface area contributed by atoms with E-state index in [2.05, 4.69) is 4.74 Å². The smallest absolute Gasteiger partial charge is 0.410 e. The summed E-state index contributed by atoms with van der Waals surface area (Å²) in [4.78, 5) is 27.6. The van der Waals surface area contributed by atoms with E-state index in [1.54, 1.807) is 16.8 Å². The van der Waals surface area contributed by atoms with E-state index >= 15 is 0 Å². The third kappa shape index (κ3) is 3.83. The minimum atomic E-state index is -2.89. The summed E-state index contributed by atoms with van der Waals surface area (Å²) in [6.07, 6.45) is 1.71. The summed E-state index contributed by atoms with van der Waals surface area (Å²) < 4.78 is 34.2. The first-order valence-corrected chi connectivity index (χ1v) is 8.17. The molecule has 3 rings (SSSR count). The van der Waals surface area contributed by atoms with Crippen LogP contribution in [0.3, 0.4) is 0 Å². The fourth-order valence-electron chi connectivity index (χ4n) is 3.38. The Morgan fingerprint density at radius 2 is 1.96 bits per heavy atom. The first kappa shape index (κ1) is 17.4. The van der Waals surface area contributed by atoms with Gasteiger partial charge in [-0.25, -0.2) is 4.79 Å². The number of alkyl halides is 2. The number of likely N-dealkylation sites (tertiary alicyclic amines) is 1. The van der Waals surface area contributed by atoms with Crippen molar-refractivity contribution in [2.24, 2.45) is 0 Å². The van der Waals surface area contributed by atoms with Gasteiger partial charge < -0.3 is 19.3 Å². The third-order valence-corrected chi connectivity index (χ3v) is 4.65. The van der Waals surface area contributed by atoms with Crippen LogP contribution in [0, 0.1) is 0 Å². The van der Waals surface area contributed by atoms with Crippen LogP contribution in [0.5, 0.6) is 5.75 Å². The lowest BCUT2D eigenvalue weighted by molar-refractivity contribution is -0.0498. The van der Waals surface area contributed by atoms with Crippen LogP contribution in [0.1, 0.15) is 29.6 Å². The Morgan fingerprint density at radius 1 is 1.24 bits per heavy atom. The molecule has 2 saturated heterocycles. The molecule has 2 aliphatic heterocycles. The first-order valence-electron chi connectivity index (χ1n) is 8.17. The number of benzene rings is 1. The summed E-state index contributed by atoms with van der Waals surface area (Å²) in [6.45, 7) is -1.31. The van der Waals surface area contributed by atoms with E-state index in [0.29, 0.717) is 38.0 Å². The molecule has 6 nitrogen and oxygen atoms in total. The number of hydrogen-bond donors (Lipinski definition) is 0. The predicted molar refractivity (Wildman–Crippen MR) is 84.7 cm³/mol. The average Bonchev–Trinajstić information content (AvgIpc) is 2.72. The van der Waals surface area contributed by atoms with Crippen molar-refractivity contribution in [1.29, 1.82) is 0 Å². The predicted octanol–water partition coefficient (Wildman–Crippen LogP) is 2.73. The molecular formula is C17H20F2N2O4. The number of nitrogens with zero attached hydrogens (tertiary/aromatic N) is 2. The quantitative estimate of drug-likeness (QED) is 0.837. The zero-order chi connectivity index (χ0) is 18.0. The number of hydrogen-bond acceptors (Lipinski definition) is 4. The maximum absolute atomic E-state index is 12.6. The maximum atomic E-state index is 12.6. The molecule has 1 atom stereocenters. The highest BCUT2D eigenvalue weighted by atomic mass is 19.3. The van der Waals surface area contributed by atoms with Gasteiger partial charge in [0.05, 0.1) is 6.54 Å². The van der Waals surface area contributed by atoms with E-state index in [4.69, 9.17) is 4.74 Å². The number of rotatable bonds is 3. The van der Waals surface area contributed by atoms with Crippen LogP contribution in [-0.2, 0) is 4.74 Å². The Balaban J connectivity index is 1.64. The molecule has 2 amide bonds. The van der Waals surface area contributed by atoms with E-state index in [9.17, 15) is 18.4 Å². The Hall–Kier alpha value is -2.38. The molecule has 1 unspecified atom stereocenters. The van der Waals surface area contributed by atoms with E-state index in [0.717, 1.165) is 6.42 Å². The van der Waals surface area contributed by atoms with Crippen molar-refractivity contribution in [3.8, 4) is 5.75 Å². The number of likely N-dealkylation sites (N-methyl/N-ethyl adjacent to an activating group) is 1. The topological polar surface area (TPSA) is 59.1 Å². The Bertz CT molecular complexity index is 653. The molecule has 1 aromatic carbocycles. The van der Waals surface area contributed by atoms with Gasteiger partial charge in [0.25, 0.3) is 5.91 Å². The number of ether oxygens (including phenoxy) is 2. The molecule has 1 aromatic rings. The van der Waals surface area contributed by atoms with E-state index < -0.39 is 12.2 Å². The highest BCUT2D eigenvalue weighted by molar-refractivity contribution is 5.94. The van der Waals surface area contributed by atoms with Crippen LogP contribution in [-0.4, -0.2) is 60.7 Å². The van der Waals surface area contributed by atoms with Crippen molar-refractivity contribution in [2.45, 2.75) is 31.5 Å². The summed E-state index contributed by atoms with van der Waals surface area (Å²) in [5, 5.41) is 0. The zero-order valence-corrected chi connectivity index (χ0v) is 13.9. The summed E-state index contributed by atoms with van der Waals surface area (Å²) >= 11 is 0. The normalized spacial score (nSPS) is 23.8. The lowest BCUT2D eigenvalue weighted by Crippen LogP contribution is -2.36. The molecule has 0 aromatic heterocycles. The van der Waals surface area contributed by atoms with Gasteiger partial charge in [0.1, 0.15) is 11.4 Å². The second-order valence-electron chi connectivity index (χ2n) is 6.46. The third-order valence-electron chi connectivity index (χ3n) is 4.65. The average molecular weight is 354 g/mol. The molecule has 25 heavy (non-hydrogen) atoms. The van der Waals surface area contributed by atoms with Crippen LogP contribution in [0.25, 0.3) is 0 Å². The van der Waals surface area contributed by atoms with Crippen molar-refractivity contribution in [2.75, 3.05) is 26.7 Å². The lowest BCUT2D eigenvalue weighted by atomic mass is 9.95. The van der Waals surface area contributed by atoms with Gasteiger partial charge in [-0.05, 0) is 37.1 Å². The van der Waals surface area contributed by atoms with Crippen LogP contribution in [0.15, 0.2) is 24.3 Å². The van der Waals surface area contributed by atoms with Gasteiger partial charge >= 0.3 is 12.7 Å². The van der Waals surface area contributed by atoms with Gasteiger partial charge in [-0.3, -0.25) is 4.79 Å². The van der Waals surface area contributed by atoms with E-state index in [1.165, 1.54) is 24.3 Å². The molecule has 0 bridgehead atoms. The van der Waals surface area contributed by atoms with Crippen molar-refractivity contribution < 1.29 is 27.8 Å². The van der Waals surface area contributed by atoms with Gasteiger partial charge in [0.15, 0.2) is 0 Å². The van der Waals surface area contributed by atoms with Gasteiger partial charge in [-0.15, -0.1) is 0 Å². The highest BCUT2D eigenvalue weighted by Crippen LogP contribution is 2.33. The largest absolute Gasteiger partial charge is 0.441 e. The van der Waals surface area contributed by atoms with Crippen LogP contribution < -0.4 is 4.74 Å². The Kier molecular flexibility index (Phi) is 4.78. The van der Waals surface area contributed by atoms with Gasteiger partial charge in [0, 0.05) is 32.1 Å². The second kappa shape index (κ2) is 6.85. The van der Waals surface area contributed by atoms with E-state index in [-0.39, 0.29) is 17.7 Å². The standard InChI is InChI=1S/C17H20F2N2O4/c1-20-11-17(25-16(20)23)7-2-9-21(10-8-17)14(22)12-3-5-13(6-4-12)24-15(18)19/h3-6,15H,2,7-11H2,1H3. The maximum Gasteiger partial charge on any atom is 0.410 e. The van der Waals surface area contributed by atoms with Crippen LogP contribution in [0.2, 0.25) is 0 Å². The van der Waals surface area contributed by atoms with Crippen molar-refractivity contribution >= 4 is 12.0 Å². The molecule has 0 N–H and O–H groups in total. The van der Waals surface area contributed by atoms with Gasteiger partial charge in [-0.2, -0.15) is 8.78 Å². The number of amides is 2. The van der Waals surface area contributed by atoms with Crippen molar-refractivity contribution in [3.05, 3.63) is 29.8 Å². The number of halogens is 2. The molecule has 2 aliphatic rings. The zero-order valence-electron chi connectivity index (χ0n) is 13.9. The minimum absolute atomic E-state index is 0.0160. The molecule has 8 heteroatoms. The Morgan fingerprint density at radius 3 is 2.56 bits per heavy atom. The summed E-state index contributed by atoms with van der Waals surface area (Å²) in [5.74, 6) is -0.152. The number of carbonyl (C=O) groups excluding carboxylic acids is 2. The Labute approximate surface area is 144 Å². The number of carbonyl (C=O) groups is 2. The monoisotopic (exact) mass is 354 g/mol. The van der Waals surface area contributed by atoms with Crippen LogP contribution in [0.4, 0.5) is 13.6 Å². The summed E-state index contributed by atoms with van der Waals surface area (Å²) in [5.41, 5.74) is -0.103. The first-order chi connectivity index (χ1) is 11.9. The van der Waals surface area contributed by atoms with Crippen molar-refractivity contribution in [1.82, 2.24) is 9.80 Å². The molecule has 2 fully saturated rings. The SMILES string of the molecule is CN1CC2(CCCN(C(=O)c3ccc(OC(F)F)cc3)CC2)OC1=O. The molecule has 0 saturated carbocycles. The van der Waals surface area contributed by atoms with Crippen molar-refractivity contribution in [3.63, 3.8) is 0 Å². The summed E-state index contributed by atoms with van der Waals surface area (Å²) in [7, 11) is 1.70. The second-order valence-corrected chi connectivity index (χ2v) is 6.46. The molecule has 1 spiro atoms. The summed E-state index contributed by atoms with van der Waals surface area (Å²) in [6, 6.07) is 5.66. The molecule has 0 radical (unpaired) electrons. The highest BCUT2D eigenvalue weighted by Gasteiger charge is 2.44. The fourth-order valence-corrected chi connectivity index (χ4v) is 3.38. The van der Waals surface area contributed by atoms with Gasteiger partial charge in [-0.1, -0.05) is 0 Å². The molecule has 136 valence electrons. The molecule has 2 heterocycles. The lowest BCUT2D eigenvalue weighted by Gasteiger charge is -2.25. The molecule has 0 aliphatic carbocycles. The fraction of sp³-hybridized carbons (Fsp3) is 0.529. The van der Waals surface area contributed by atoms with Gasteiger partial charge in [0.2, 0.25) is 0 Å².